The van der Waals surface area contributed by atoms with Gasteiger partial charge in [-0.05, 0) is 61.0 Å². The molecule has 186 valence electrons. The summed E-state index contributed by atoms with van der Waals surface area (Å²) >= 11 is 12.1. The van der Waals surface area contributed by atoms with Crippen molar-refractivity contribution >= 4 is 46.2 Å². The number of hydrogen-bond donors (Lipinski definition) is 1. The van der Waals surface area contributed by atoms with Crippen LogP contribution in [0.1, 0.15) is 18.9 Å². The van der Waals surface area contributed by atoms with Gasteiger partial charge in [0, 0.05) is 18.7 Å². The Balaban J connectivity index is 1.72. The van der Waals surface area contributed by atoms with Crippen LogP contribution in [0.4, 0.5) is 5.82 Å². The van der Waals surface area contributed by atoms with Crippen LogP contribution >= 0.6 is 23.2 Å². The van der Waals surface area contributed by atoms with E-state index in [1.807, 2.05) is 6.07 Å². The number of halogens is 2. The van der Waals surface area contributed by atoms with E-state index in [0.717, 1.165) is 5.56 Å². The van der Waals surface area contributed by atoms with E-state index in [2.05, 4.69) is 15.3 Å². The number of rotatable bonds is 9. The van der Waals surface area contributed by atoms with Crippen molar-refractivity contribution in [3.63, 3.8) is 0 Å². The Labute approximate surface area is 217 Å². The molecule has 4 aromatic rings. The first-order valence-electron chi connectivity index (χ1n) is 11.3. The molecule has 0 amide bonds. The maximum Gasteiger partial charge on any atom is 0.307 e. The molecule has 0 unspecified atom stereocenters. The molecule has 0 aliphatic carbocycles. The molecule has 0 saturated carbocycles. The minimum atomic E-state index is -0.394. The van der Waals surface area contributed by atoms with E-state index in [1.54, 1.807) is 62.6 Å². The lowest BCUT2D eigenvalue weighted by atomic mass is 10.1. The third kappa shape index (κ3) is 5.78. The molecule has 1 N–H and O–H groups in total. The summed E-state index contributed by atoms with van der Waals surface area (Å²) in [5.41, 5.74) is 2.33. The molecule has 0 saturated heterocycles. The van der Waals surface area contributed by atoms with Gasteiger partial charge in [0.2, 0.25) is 0 Å². The first kappa shape index (κ1) is 25.5. The fourth-order valence-electron chi connectivity index (χ4n) is 3.64. The van der Waals surface area contributed by atoms with Gasteiger partial charge >= 0.3 is 5.97 Å². The van der Waals surface area contributed by atoms with Gasteiger partial charge in [0.15, 0.2) is 5.65 Å². The Morgan fingerprint density at radius 1 is 1.03 bits per heavy atom. The van der Waals surface area contributed by atoms with Crippen LogP contribution in [0, 0.1) is 0 Å². The third-order valence-corrected chi connectivity index (χ3v) is 6.20. The molecule has 8 nitrogen and oxygen atoms in total. The molecular weight excluding hydrogens is 503 g/mol. The number of anilines is 1. The fourth-order valence-corrected chi connectivity index (χ4v) is 3.96. The second-order valence-electron chi connectivity index (χ2n) is 7.84. The number of nitrogens with one attached hydrogen (secondary N) is 1. The topological polar surface area (TPSA) is 95.3 Å². The number of aromatic nitrogens is 3. The molecule has 36 heavy (non-hydrogen) atoms. The van der Waals surface area contributed by atoms with Crippen molar-refractivity contribution in [2.24, 2.45) is 0 Å². The smallest absolute Gasteiger partial charge is 0.307 e. The zero-order chi connectivity index (χ0) is 25.7. The summed E-state index contributed by atoms with van der Waals surface area (Å²) in [5, 5.41) is 4.17. The molecule has 0 radical (unpaired) electrons. The average molecular weight is 527 g/mol. The van der Waals surface area contributed by atoms with Gasteiger partial charge in [0.1, 0.15) is 22.8 Å². The number of aryl methyl sites for hydroxylation is 1. The Bertz CT molecular complexity index is 1460. The Morgan fingerprint density at radius 2 is 1.81 bits per heavy atom. The van der Waals surface area contributed by atoms with Gasteiger partial charge in [-0.25, -0.2) is 9.97 Å². The minimum absolute atomic E-state index is 0.0253. The number of benzene rings is 2. The van der Waals surface area contributed by atoms with Crippen LogP contribution in [0.2, 0.25) is 10.0 Å². The first-order valence-corrected chi connectivity index (χ1v) is 12.0. The van der Waals surface area contributed by atoms with E-state index in [1.165, 1.54) is 4.57 Å². The highest BCUT2D eigenvalue weighted by atomic mass is 35.5. The van der Waals surface area contributed by atoms with Crippen molar-refractivity contribution in [3.05, 3.63) is 80.6 Å². The third-order valence-electron chi connectivity index (χ3n) is 5.46. The minimum Gasteiger partial charge on any atom is -0.497 e. The predicted octanol–water partition coefficient (Wildman–Crippen LogP) is 5.34. The number of nitrogens with zero attached hydrogens (tertiary/aromatic N) is 3. The number of hydrogen-bond acceptors (Lipinski definition) is 7. The van der Waals surface area contributed by atoms with E-state index in [-0.39, 0.29) is 30.8 Å². The van der Waals surface area contributed by atoms with E-state index >= 15 is 0 Å². The van der Waals surface area contributed by atoms with Crippen LogP contribution in [0.25, 0.3) is 22.4 Å². The molecule has 2 aromatic heterocycles. The maximum atomic E-state index is 13.5. The Kier molecular flexibility index (Phi) is 8.07. The van der Waals surface area contributed by atoms with Crippen molar-refractivity contribution in [2.45, 2.75) is 26.4 Å². The molecule has 0 bridgehead atoms. The van der Waals surface area contributed by atoms with Gasteiger partial charge in [0.25, 0.3) is 5.56 Å². The van der Waals surface area contributed by atoms with Crippen molar-refractivity contribution in [2.75, 3.05) is 19.0 Å². The Hall–Kier alpha value is -3.62. The van der Waals surface area contributed by atoms with Crippen LogP contribution in [0.5, 0.6) is 5.75 Å². The molecule has 0 aliphatic heterocycles. The molecule has 4 rings (SSSR count). The maximum absolute atomic E-state index is 13.5. The van der Waals surface area contributed by atoms with E-state index < -0.39 is 5.97 Å². The summed E-state index contributed by atoms with van der Waals surface area (Å²) in [7, 11) is 1.57. The number of pyridine rings is 1. The highest BCUT2D eigenvalue weighted by Crippen LogP contribution is 2.24. The molecule has 0 spiro atoms. The number of carbonyl (C=O) groups excluding carboxylic acids is 1. The summed E-state index contributed by atoms with van der Waals surface area (Å²) in [6.07, 6.45) is 0.0253. The van der Waals surface area contributed by atoms with Crippen LogP contribution in [0.15, 0.2) is 59.4 Å². The Morgan fingerprint density at radius 3 is 2.50 bits per heavy atom. The van der Waals surface area contributed by atoms with E-state index in [4.69, 9.17) is 32.7 Å². The highest BCUT2D eigenvalue weighted by Gasteiger charge is 2.16. The van der Waals surface area contributed by atoms with Gasteiger partial charge in [-0.3, -0.25) is 14.2 Å². The molecule has 10 heteroatoms. The van der Waals surface area contributed by atoms with Gasteiger partial charge in [-0.15, -0.1) is 0 Å². The second-order valence-corrected chi connectivity index (χ2v) is 8.66. The summed E-state index contributed by atoms with van der Waals surface area (Å²) in [4.78, 5) is 34.8. The molecule has 0 aliphatic rings. The lowest BCUT2D eigenvalue weighted by molar-refractivity contribution is -0.143. The van der Waals surface area contributed by atoms with Gasteiger partial charge in [0.05, 0.1) is 30.2 Å². The van der Waals surface area contributed by atoms with Crippen molar-refractivity contribution < 1.29 is 14.3 Å². The summed E-state index contributed by atoms with van der Waals surface area (Å²) < 4.78 is 11.7. The molecule has 2 heterocycles. The highest BCUT2D eigenvalue weighted by molar-refractivity contribution is 6.42. The van der Waals surface area contributed by atoms with Crippen molar-refractivity contribution in [3.8, 4) is 17.0 Å². The lowest BCUT2D eigenvalue weighted by Gasteiger charge is -2.13. The quantitative estimate of drug-likeness (QED) is 0.294. The van der Waals surface area contributed by atoms with Gasteiger partial charge in [-0.1, -0.05) is 29.3 Å². The molecular formula is C26H24Cl2N4O4. The summed E-state index contributed by atoms with van der Waals surface area (Å²) in [6, 6.07) is 16.0. The average Bonchev–Trinajstić information content (AvgIpc) is 2.88. The second kappa shape index (κ2) is 11.4. The van der Waals surface area contributed by atoms with Crippen LogP contribution in [0.3, 0.4) is 0 Å². The number of ether oxygens (including phenoxy) is 2. The zero-order valence-electron chi connectivity index (χ0n) is 19.8. The number of carbonyl (C=O) groups is 1. The predicted molar refractivity (Wildman–Crippen MR) is 141 cm³/mol. The normalized spacial score (nSPS) is 10.9. The largest absolute Gasteiger partial charge is 0.497 e. The first-order chi connectivity index (χ1) is 17.4. The fraction of sp³-hybridized carbons (Fsp3) is 0.231. The van der Waals surface area contributed by atoms with Crippen LogP contribution in [-0.4, -0.2) is 34.2 Å². The molecule has 2 aromatic carbocycles. The van der Waals surface area contributed by atoms with Crippen LogP contribution < -0.4 is 15.6 Å². The van der Waals surface area contributed by atoms with Crippen LogP contribution in [-0.2, 0) is 22.6 Å². The standard InChI is InChI=1S/C26H24Cl2N4O4/c1-3-36-23(33)12-13-32-25-21(30-24(26(32)34)17-5-7-18(35-2)8-6-17)10-11-22(31-25)29-15-16-4-9-19(27)20(28)14-16/h4-11,14H,3,12-13,15H2,1-2H3,(H,29,31). The zero-order valence-corrected chi connectivity index (χ0v) is 21.3. The van der Waals surface area contributed by atoms with E-state index in [9.17, 15) is 9.59 Å². The lowest BCUT2D eigenvalue weighted by Crippen LogP contribution is -2.26. The number of methoxy groups -OCH3 is 1. The monoisotopic (exact) mass is 526 g/mol. The summed E-state index contributed by atoms with van der Waals surface area (Å²) in [5.74, 6) is 0.813. The van der Waals surface area contributed by atoms with Crippen molar-refractivity contribution in [1.82, 2.24) is 14.5 Å². The van der Waals surface area contributed by atoms with Gasteiger partial charge in [-0.2, -0.15) is 0 Å². The van der Waals surface area contributed by atoms with E-state index in [0.29, 0.717) is 44.9 Å². The van der Waals surface area contributed by atoms with Crippen molar-refractivity contribution in [1.29, 1.82) is 0 Å². The molecule has 0 atom stereocenters. The summed E-state index contributed by atoms with van der Waals surface area (Å²) in [6.45, 7) is 2.55. The van der Waals surface area contributed by atoms with Gasteiger partial charge < -0.3 is 14.8 Å². The molecule has 0 fully saturated rings. The number of fused-ring (bicyclic) bond motifs is 1. The SMILES string of the molecule is CCOC(=O)CCn1c(=O)c(-c2ccc(OC)cc2)nc2ccc(NCc3ccc(Cl)c(Cl)c3)nc21. The number of esters is 1.